The third kappa shape index (κ3) is 2.39. The number of fused-ring (bicyclic) bond motifs is 2. The lowest BCUT2D eigenvalue weighted by atomic mass is 9.77. The third-order valence-electron chi connectivity index (χ3n) is 8.71. The summed E-state index contributed by atoms with van der Waals surface area (Å²) in [7, 11) is 7.08. The first kappa shape index (κ1) is 22.8. The van der Waals surface area contributed by atoms with E-state index in [2.05, 4.69) is 49.8 Å². The SMILES string of the molecule is CN=C1c2cc(C)c3c4c(C)cc5c6c(cc(C)c(c7c(C)cc(c2c73)C(=O)N1C)c64)C(=O)N(C)C5=NC. The number of carbonyl (C=O) groups is 2. The van der Waals surface area contributed by atoms with E-state index in [1.165, 1.54) is 0 Å². The average molecular weight is 501 g/mol. The lowest BCUT2D eigenvalue weighted by Gasteiger charge is -2.32. The highest BCUT2D eigenvalue weighted by Gasteiger charge is 2.35. The first-order chi connectivity index (χ1) is 18.1. The van der Waals surface area contributed by atoms with Crippen LogP contribution in [-0.4, -0.2) is 61.5 Å². The van der Waals surface area contributed by atoms with Crippen molar-refractivity contribution in [3.63, 3.8) is 0 Å². The van der Waals surface area contributed by atoms with Gasteiger partial charge in [0.2, 0.25) is 0 Å². The smallest absolute Gasteiger partial charge is 0.259 e. The van der Waals surface area contributed by atoms with Crippen LogP contribution >= 0.6 is 0 Å². The molecule has 0 bridgehead atoms. The largest absolute Gasteiger partial charge is 0.296 e. The molecular formula is C32H28N4O2. The first-order valence-electron chi connectivity index (χ1n) is 12.8. The topological polar surface area (TPSA) is 65.3 Å². The molecule has 0 N–H and O–H groups in total. The van der Waals surface area contributed by atoms with Crippen molar-refractivity contribution in [3.05, 3.63) is 68.8 Å². The summed E-state index contributed by atoms with van der Waals surface area (Å²) in [6.07, 6.45) is 0. The van der Waals surface area contributed by atoms with Gasteiger partial charge in [0.05, 0.1) is 0 Å². The van der Waals surface area contributed by atoms with Crippen molar-refractivity contribution in [3.8, 4) is 0 Å². The van der Waals surface area contributed by atoms with Gasteiger partial charge in [-0.2, -0.15) is 0 Å². The van der Waals surface area contributed by atoms with Gasteiger partial charge >= 0.3 is 0 Å². The Hall–Kier alpha value is -4.32. The molecular weight excluding hydrogens is 472 g/mol. The fourth-order valence-electron chi connectivity index (χ4n) is 7.25. The second-order valence-electron chi connectivity index (χ2n) is 10.8. The molecule has 2 aliphatic rings. The Bertz CT molecular complexity index is 1880. The maximum Gasteiger partial charge on any atom is 0.259 e. The number of aryl methyl sites for hydroxylation is 4. The highest BCUT2D eigenvalue weighted by molar-refractivity contribution is 6.43. The maximum atomic E-state index is 13.6. The number of aliphatic imine (C=N–C) groups is 2. The van der Waals surface area contributed by atoms with Crippen molar-refractivity contribution in [1.29, 1.82) is 0 Å². The Balaban J connectivity index is 1.87. The zero-order valence-electron chi connectivity index (χ0n) is 22.9. The number of carbonyl (C=O) groups excluding carboxylic acids is 2. The molecule has 0 saturated carbocycles. The average Bonchev–Trinajstić information content (AvgIpc) is 2.88. The van der Waals surface area contributed by atoms with Gasteiger partial charge in [0, 0.05) is 61.2 Å². The van der Waals surface area contributed by atoms with Crippen LogP contribution in [0.15, 0.2) is 34.3 Å². The molecule has 2 amide bonds. The summed E-state index contributed by atoms with van der Waals surface area (Å²) in [5.41, 5.74) is 7.78. The fourth-order valence-corrected chi connectivity index (χ4v) is 7.25. The van der Waals surface area contributed by atoms with Crippen molar-refractivity contribution in [2.75, 3.05) is 28.2 Å². The second-order valence-corrected chi connectivity index (χ2v) is 10.8. The lowest BCUT2D eigenvalue weighted by molar-refractivity contribution is 0.0862. The molecule has 0 atom stereocenters. The summed E-state index contributed by atoms with van der Waals surface area (Å²) in [4.78, 5) is 39.5. The van der Waals surface area contributed by atoms with Crippen LogP contribution in [0.5, 0.6) is 0 Å². The molecule has 0 unspecified atom stereocenters. The normalized spacial score (nSPS) is 17.6. The van der Waals surface area contributed by atoms with E-state index in [1.807, 2.05) is 12.1 Å². The molecule has 188 valence electrons. The monoisotopic (exact) mass is 500 g/mol. The molecule has 0 spiro atoms. The van der Waals surface area contributed by atoms with Crippen LogP contribution < -0.4 is 0 Å². The fraction of sp³-hybridized carbons (Fsp3) is 0.250. The van der Waals surface area contributed by atoms with Crippen LogP contribution in [0.3, 0.4) is 0 Å². The Kier molecular flexibility index (Phi) is 4.30. The number of rotatable bonds is 0. The quantitative estimate of drug-likeness (QED) is 0.196. The van der Waals surface area contributed by atoms with E-state index >= 15 is 0 Å². The van der Waals surface area contributed by atoms with Crippen molar-refractivity contribution < 1.29 is 9.59 Å². The first-order valence-corrected chi connectivity index (χ1v) is 12.8. The van der Waals surface area contributed by atoms with Gasteiger partial charge < -0.3 is 0 Å². The van der Waals surface area contributed by atoms with Gasteiger partial charge in [0.15, 0.2) is 0 Å². The van der Waals surface area contributed by atoms with E-state index in [1.54, 1.807) is 38.0 Å². The summed E-state index contributed by atoms with van der Waals surface area (Å²) in [5, 5.41) is 8.75. The number of hydrogen-bond acceptors (Lipinski definition) is 4. The molecule has 2 aliphatic heterocycles. The minimum Gasteiger partial charge on any atom is -0.296 e. The van der Waals surface area contributed by atoms with Crippen LogP contribution in [0, 0.1) is 27.7 Å². The van der Waals surface area contributed by atoms with Crippen molar-refractivity contribution in [2.24, 2.45) is 9.98 Å². The molecule has 0 saturated heterocycles. The summed E-state index contributed by atoms with van der Waals surface area (Å²) in [5.74, 6) is 1.30. The van der Waals surface area contributed by atoms with Crippen molar-refractivity contribution >= 4 is 66.6 Å². The molecule has 2 heterocycles. The predicted molar refractivity (Wildman–Crippen MR) is 156 cm³/mol. The van der Waals surface area contributed by atoms with Gasteiger partial charge in [-0.05, 0) is 107 Å². The van der Waals surface area contributed by atoms with Crippen LogP contribution in [0.1, 0.15) is 54.1 Å². The van der Waals surface area contributed by atoms with Gasteiger partial charge in [-0.15, -0.1) is 0 Å². The third-order valence-corrected chi connectivity index (χ3v) is 8.71. The molecule has 0 aromatic heterocycles. The summed E-state index contributed by atoms with van der Waals surface area (Å²) in [6, 6.07) is 8.43. The Morgan fingerprint density at radius 1 is 0.474 bits per heavy atom. The molecule has 0 fully saturated rings. The minimum atomic E-state index is -0.0375. The molecule has 6 nitrogen and oxygen atoms in total. The molecule has 0 radical (unpaired) electrons. The van der Waals surface area contributed by atoms with E-state index in [9.17, 15) is 9.59 Å². The highest BCUT2D eigenvalue weighted by Crippen LogP contribution is 2.50. The van der Waals surface area contributed by atoms with Gasteiger partial charge in [-0.3, -0.25) is 29.4 Å². The zero-order valence-corrected chi connectivity index (χ0v) is 22.9. The van der Waals surface area contributed by atoms with E-state index in [4.69, 9.17) is 0 Å². The van der Waals surface area contributed by atoms with Gasteiger partial charge in [0.25, 0.3) is 11.8 Å². The van der Waals surface area contributed by atoms with Crippen molar-refractivity contribution in [1.82, 2.24) is 9.80 Å². The van der Waals surface area contributed by atoms with E-state index in [0.29, 0.717) is 22.8 Å². The minimum absolute atomic E-state index is 0.0375. The Labute approximate surface area is 220 Å². The second kappa shape index (κ2) is 7.16. The molecule has 38 heavy (non-hydrogen) atoms. The molecule has 6 heteroatoms. The van der Waals surface area contributed by atoms with E-state index in [-0.39, 0.29) is 11.8 Å². The molecule has 7 rings (SSSR count). The van der Waals surface area contributed by atoms with Gasteiger partial charge in [0.1, 0.15) is 11.7 Å². The van der Waals surface area contributed by atoms with Gasteiger partial charge in [-0.25, -0.2) is 0 Å². The van der Waals surface area contributed by atoms with E-state index in [0.717, 1.165) is 76.5 Å². The maximum absolute atomic E-state index is 13.6. The van der Waals surface area contributed by atoms with Crippen LogP contribution in [0.4, 0.5) is 0 Å². The van der Waals surface area contributed by atoms with Crippen LogP contribution in [0.2, 0.25) is 0 Å². The standard InChI is InChI=1S/C32H28N4O2/c1-13-9-17-25-19(31(37)35(7)29(17)33-5)11-15(3)23-24-16(4)12-20-26-18(30(34-6)36(8)32(20)38)10-14(2)22(28(24)26)21(13)27(23)25/h9-12H,1-8H3. The van der Waals surface area contributed by atoms with E-state index < -0.39 is 0 Å². The number of benzene rings is 5. The predicted octanol–water partition coefficient (Wildman–Crippen LogP) is 5.89. The summed E-state index contributed by atoms with van der Waals surface area (Å²) >= 11 is 0. The lowest BCUT2D eigenvalue weighted by Crippen LogP contribution is -2.38. The Morgan fingerprint density at radius 3 is 1.05 bits per heavy atom. The highest BCUT2D eigenvalue weighted by atomic mass is 16.2. The number of hydrogen-bond donors (Lipinski definition) is 0. The van der Waals surface area contributed by atoms with Crippen LogP contribution in [-0.2, 0) is 0 Å². The molecule has 5 aromatic rings. The number of amides is 2. The summed E-state index contributed by atoms with van der Waals surface area (Å²) < 4.78 is 0. The number of amidine groups is 2. The summed E-state index contributed by atoms with van der Waals surface area (Å²) in [6.45, 7) is 8.48. The van der Waals surface area contributed by atoms with Gasteiger partial charge in [-0.1, -0.05) is 0 Å². The Morgan fingerprint density at radius 2 is 0.763 bits per heavy atom. The number of nitrogens with zero attached hydrogens (tertiary/aromatic N) is 4. The molecule has 5 aromatic carbocycles. The van der Waals surface area contributed by atoms with Crippen molar-refractivity contribution in [2.45, 2.75) is 27.7 Å². The molecule has 0 aliphatic carbocycles. The van der Waals surface area contributed by atoms with Crippen LogP contribution in [0.25, 0.3) is 43.1 Å². The zero-order chi connectivity index (χ0) is 26.9.